The van der Waals surface area contributed by atoms with Gasteiger partial charge >= 0.3 is 0 Å². The zero-order valence-corrected chi connectivity index (χ0v) is 12.8. The van der Waals surface area contributed by atoms with Crippen molar-refractivity contribution in [1.29, 1.82) is 0 Å². The van der Waals surface area contributed by atoms with Crippen LogP contribution in [0.2, 0.25) is 0 Å². The molecule has 0 unspecified atom stereocenters. The third-order valence-electron chi connectivity index (χ3n) is 3.48. The van der Waals surface area contributed by atoms with Gasteiger partial charge in [0, 0.05) is 5.41 Å². The second kappa shape index (κ2) is 6.08. The fraction of sp³-hybridized carbons (Fsp3) is 0.529. The molecule has 0 aromatic heterocycles. The van der Waals surface area contributed by atoms with E-state index in [9.17, 15) is 5.11 Å². The molecule has 1 fully saturated rings. The fourth-order valence-corrected chi connectivity index (χ4v) is 2.43. The average molecular weight is 276 g/mol. The topological polar surface area (TPSA) is 38.7 Å². The van der Waals surface area contributed by atoms with E-state index in [0.717, 1.165) is 22.3 Å². The maximum absolute atomic E-state index is 9.48. The van der Waals surface area contributed by atoms with Gasteiger partial charge in [-0.1, -0.05) is 37.6 Å². The summed E-state index contributed by atoms with van der Waals surface area (Å²) in [7, 11) is 0. The summed E-state index contributed by atoms with van der Waals surface area (Å²) in [6.45, 7) is 9.78. The van der Waals surface area contributed by atoms with E-state index < -0.39 is 0 Å². The van der Waals surface area contributed by atoms with E-state index in [1.165, 1.54) is 0 Å². The Morgan fingerprint density at radius 1 is 1.25 bits per heavy atom. The molecule has 3 heteroatoms. The molecule has 1 aromatic rings. The van der Waals surface area contributed by atoms with Crippen LogP contribution in [0.5, 0.6) is 0 Å². The van der Waals surface area contributed by atoms with Crippen LogP contribution in [-0.2, 0) is 16.1 Å². The summed E-state index contributed by atoms with van der Waals surface area (Å²) in [4.78, 5) is 0. The van der Waals surface area contributed by atoms with Gasteiger partial charge in [-0.2, -0.15) is 0 Å². The first kappa shape index (κ1) is 15.2. The molecule has 20 heavy (non-hydrogen) atoms. The molecule has 1 N–H and O–H groups in total. The highest BCUT2D eigenvalue weighted by molar-refractivity contribution is 5.59. The van der Waals surface area contributed by atoms with E-state index in [1.807, 2.05) is 25.1 Å². The summed E-state index contributed by atoms with van der Waals surface area (Å²) >= 11 is 0. The molecule has 0 saturated carbocycles. The number of hydrogen-bond acceptors (Lipinski definition) is 3. The van der Waals surface area contributed by atoms with Gasteiger partial charge in [-0.05, 0) is 36.6 Å². The van der Waals surface area contributed by atoms with Gasteiger partial charge in [-0.3, -0.25) is 0 Å². The molecule has 0 atom stereocenters. The molecule has 1 aliphatic rings. The first-order valence-electron chi connectivity index (χ1n) is 7.04. The van der Waals surface area contributed by atoms with E-state index in [0.29, 0.717) is 13.2 Å². The minimum atomic E-state index is -0.296. The lowest BCUT2D eigenvalue weighted by Crippen LogP contribution is -2.36. The van der Waals surface area contributed by atoms with Crippen LogP contribution >= 0.6 is 0 Å². The van der Waals surface area contributed by atoms with E-state index in [1.54, 1.807) is 0 Å². The lowest BCUT2D eigenvalue weighted by Gasteiger charge is -2.33. The second-order valence-corrected chi connectivity index (χ2v) is 6.33. The zero-order chi connectivity index (χ0) is 14.8. The number of ether oxygens (including phenoxy) is 2. The Morgan fingerprint density at radius 2 is 1.90 bits per heavy atom. The Labute approximate surface area is 121 Å². The minimum absolute atomic E-state index is 0.0433. The van der Waals surface area contributed by atoms with Crippen LogP contribution in [0.3, 0.4) is 0 Å². The Bertz CT molecular complexity index is 493. The van der Waals surface area contributed by atoms with Crippen molar-refractivity contribution in [3.05, 3.63) is 40.5 Å². The Hall–Kier alpha value is -1.16. The molecule has 0 radical (unpaired) electrons. The smallest absolute Gasteiger partial charge is 0.177 e. The summed E-state index contributed by atoms with van der Waals surface area (Å²) in [5, 5.41) is 9.48. The van der Waals surface area contributed by atoms with Gasteiger partial charge in [0.05, 0.1) is 19.8 Å². The quantitative estimate of drug-likeness (QED) is 0.921. The van der Waals surface area contributed by atoms with E-state index in [-0.39, 0.29) is 18.3 Å². The van der Waals surface area contributed by atoms with Gasteiger partial charge < -0.3 is 14.6 Å². The number of rotatable bonds is 3. The Morgan fingerprint density at radius 3 is 2.50 bits per heavy atom. The van der Waals surface area contributed by atoms with Gasteiger partial charge in [-0.15, -0.1) is 0 Å². The zero-order valence-electron chi connectivity index (χ0n) is 12.8. The minimum Gasteiger partial charge on any atom is -0.392 e. The van der Waals surface area contributed by atoms with Crippen LogP contribution in [0.1, 0.15) is 36.1 Å². The molecule has 110 valence electrons. The van der Waals surface area contributed by atoms with Crippen LogP contribution in [0, 0.1) is 19.3 Å². The molecular formula is C17H24O3. The maximum Gasteiger partial charge on any atom is 0.177 e. The van der Waals surface area contributed by atoms with Gasteiger partial charge in [0.1, 0.15) is 0 Å². The lowest BCUT2D eigenvalue weighted by atomic mass is 9.95. The van der Waals surface area contributed by atoms with E-state index >= 15 is 0 Å². The molecule has 0 bridgehead atoms. The van der Waals surface area contributed by atoms with Crippen molar-refractivity contribution in [2.75, 3.05) is 13.2 Å². The molecule has 1 aliphatic heterocycles. The SMILES string of the molecule is Cc1cc(C)c(/C=C/C2OCC(C)(C)CO2)c(CO)c1. The van der Waals surface area contributed by atoms with E-state index in [2.05, 4.69) is 26.8 Å². The van der Waals surface area contributed by atoms with Gasteiger partial charge in [-0.25, -0.2) is 0 Å². The Kier molecular flexibility index (Phi) is 4.63. The molecule has 0 amide bonds. The normalized spacial score (nSPS) is 19.6. The average Bonchev–Trinajstić information content (AvgIpc) is 2.38. The maximum atomic E-state index is 9.48. The molecule has 2 rings (SSSR count). The van der Waals surface area contributed by atoms with Crippen molar-refractivity contribution in [2.45, 2.75) is 40.6 Å². The molecule has 1 heterocycles. The monoisotopic (exact) mass is 276 g/mol. The number of aryl methyl sites for hydroxylation is 2. The first-order valence-corrected chi connectivity index (χ1v) is 7.04. The van der Waals surface area contributed by atoms with Gasteiger partial charge in [0.2, 0.25) is 0 Å². The predicted molar refractivity (Wildman–Crippen MR) is 80.3 cm³/mol. The van der Waals surface area contributed by atoms with Gasteiger partial charge in [0.25, 0.3) is 0 Å². The van der Waals surface area contributed by atoms with Crippen molar-refractivity contribution in [2.24, 2.45) is 5.41 Å². The van der Waals surface area contributed by atoms with Crippen molar-refractivity contribution in [3.8, 4) is 0 Å². The van der Waals surface area contributed by atoms with Crippen LogP contribution in [-0.4, -0.2) is 24.6 Å². The molecule has 1 saturated heterocycles. The summed E-state index contributed by atoms with van der Waals surface area (Å²) in [6, 6.07) is 4.13. The van der Waals surface area contributed by atoms with Crippen LogP contribution < -0.4 is 0 Å². The van der Waals surface area contributed by atoms with Crippen LogP contribution in [0.25, 0.3) is 6.08 Å². The number of aliphatic hydroxyl groups excluding tert-OH is 1. The molecule has 3 nitrogen and oxygen atoms in total. The third kappa shape index (κ3) is 3.69. The van der Waals surface area contributed by atoms with Crippen molar-refractivity contribution in [1.82, 2.24) is 0 Å². The third-order valence-corrected chi connectivity index (χ3v) is 3.48. The van der Waals surface area contributed by atoms with Crippen LogP contribution in [0.15, 0.2) is 18.2 Å². The highest BCUT2D eigenvalue weighted by Gasteiger charge is 2.26. The number of benzene rings is 1. The summed E-state index contributed by atoms with van der Waals surface area (Å²) in [6.07, 6.45) is 3.62. The second-order valence-electron chi connectivity index (χ2n) is 6.33. The standard InChI is InChI=1S/C17H24O3/c1-12-7-13(2)15(14(8-12)9-18)5-6-16-19-10-17(3,4)11-20-16/h5-8,16,18H,9-11H2,1-4H3/b6-5+. The van der Waals surface area contributed by atoms with Crippen molar-refractivity contribution in [3.63, 3.8) is 0 Å². The lowest BCUT2D eigenvalue weighted by molar-refractivity contribution is -0.197. The molecule has 1 aromatic carbocycles. The van der Waals surface area contributed by atoms with Crippen LogP contribution in [0.4, 0.5) is 0 Å². The predicted octanol–water partition coefficient (Wildman–Crippen LogP) is 3.21. The first-order chi connectivity index (χ1) is 9.41. The molecule has 0 aliphatic carbocycles. The summed E-state index contributed by atoms with van der Waals surface area (Å²) in [5.41, 5.74) is 4.39. The van der Waals surface area contributed by atoms with E-state index in [4.69, 9.17) is 9.47 Å². The largest absolute Gasteiger partial charge is 0.392 e. The Balaban J connectivity index is 2.12. The molecular weight excluding hydrogens is 252 g/mol. The summed E-state index contributed by atoms with van der Waals surface area (Å²) in [5.74, 6) is 0. The highest BCUT2D eigenvalue weighted by Crippen LogP contribution is 2.24. The van der Waals surface area contributed by atoms with Crippen molar-refractivity contribution < 1.29 is 14.6 Å². The fourth-order valence-electron chi connectivity index (χ4n) is 2.43. The highest BCUT2D eigenvalue weighted by atomic mass is 16.7. The van der Waals surface area contributed by atoms with Crippen molar-refractivity contribution >= 4 is 6.08 Å². The summed E-state index contributed by atoms with van der Waals surface area (Å²) < 4.78 is 11.4. The van der Waals surface area contributed by atoms with Gasteiger partial charge in [0.15, 0.2) is 6.29 Å². The number of hydrogen-bond donors (Lipinski definition) is 1. The molecule has 0 spiro atoms. The number of aliphatic hydroxyl groups is 1.